The Labute approximate surface area is 123 Å². The van der Waals surface area contributed by atoms with Gasteiger partial charge in [-0.2, -0.15) is 0 Å². The number of ether oxygens (including phenoxy) is 1. The number of nitro groups is 1. The van der Waals surface area contributed by atoms with Gasteiger partial charge in [-0.25, -0.2) is 0 Å². The number of nitro benzene ring substituents is 1. The molecule has 1 aromatic carbocycles. The number of benzene rings is 1. The standard InChI is InChI=1S/C14H19ClN2O3/c1-16(6-7-20-10-11-2-3-11)13-5-4-12(9-15)8-14(13)17(18)19/h4-5,8,11H,2-3,6-7,9-10H2,1H3. The van der Waals surface area contributed by atoms with Gasteiger partial charge in [0, 0.05) is 32.1 Å². The first-order valence-corrected chi connectivity index (χ1v) is 7.27. The van der Waals surface area contributed by atoms with Gasteiger partial charge in [0.25, 0.3) is 5.69 Å². The number of hydrogen-bond donors (Lipinski definition) is 0. The van der Waals surface area contributed by atoms with E-state index in [1.165, 1.54) is 18.9 Å². The van der Waals surface area contributed by atoms with Crippen LogP contribution in [0.5, 0.6) is 0 Å². The number of rotatable bonds is 8. The van der Waals surface area contributed by atoms with Crippen LogP contribution < -0.4 is 4.90 Å². The Hall–Kier alpha value is -1.33. The molecule has 0 atom stereocenters. The fourth-order valence-corrected chi connectivity index (χ4v) is 2.14. The van der Waals surface area contributed by atoms with Gasteiger partial charge in [-0.1, -0.05) is 6.07 Å². The smallest absolute Gasteiger partial charge is 0.292 e. The van der Waals surface area contributed by atoms with Crippen LogP contribution >= 0.6 is 11.6 Å². The molecule has 0 aliphatic heterocycles. The van der Waals surface area contributed by atoms with Crippen molar-refractivity contribution >= 4 is 23.0 Å². The molecule has 6 heteroatoms. The zero-order chi connectivity index (χ0) is 14.5. The molecule has 1 aliphatic rings. The molecular weight excluding hydrogens is 280 g/mol. The Morgan fingerprint density at radius 2 is 2.25 bits per heavy atom. The number of likely N-dealkylation sites (N-methyl/N-ethyl adjacent to an activating group) is 1. The molecule has 0 radical (unpaired) electrons. The minimum Gasteiger partial charge on any atom is -0.379 e. The highest BCUT2D eigenvalue weighted by atomic mass is 35.5. The molecule has 0 amide bonds. The van der Waals surface area contributed by atoms with Crippen LogP contribution in [0.3, 0.4) is 0 Å². The Balaban J connectivity index is 1.95. The molecule has 0 bridgehead atoms. The van der Waals surface area contributed by atoms with Gasteiger partial charge in [-0.05, 0) is 30.4 Å². The number of anilines is 1. The number of hydrogen-bond acceptors (Lipinski definition) is 4. The fourth-order valence-electron chi connectivity index (χ4n) is 1.98. The molecule has 1 fully saturated rings. The Morgan fingerprint density at radius 1 is 1.50 bits per heavy atom. The molecule has 0 heterocycles. The van der Waals surface area contributed by atoms with Crippen molar-refractivity contribution in [2.45, 2.75) is 18.7 Å². The summed E-state index contributed by atoms with van der Waals surface area (Å²) in [5.41, 5.74) is 1.44. The van der Waals surface area contributed by atoms with Crippen molar-refractivity contribution in [3.8, 4) is 0 Å². The summed E-state index contributed by atoms with van der Waals surface area (Å²) < 4.78 is 5.56. The van der Waals surface area contributed by atoms with Gasteiger partial charge in [0.1, 0.15) is 5.69 Å². The van der Waals surface area contributed by atoms with E-state index in [1.807, 2.05) is 18.0 Å². The lowest BCUT2D eigenvalue weighted by atomic mass is 10.2. The van der Waals surface area contributed by atoms with E-state index in [-0.39, 0.29) is 16.5 Å². The summed E-state index contributed by atoms with van der Waals surface area (Å²) in [5, 5.41) is 11.1. The van der Waals surface area contributed by atoms with E-state index < -0.39 is 0 Å². The molecule has 0 spiro atoms. The highest BCUT2D eigenvalue weighted by Crippen LogP contribution is 2.30. The van der Waals surface area contributed by atoms with Crippen LogP contribution in [-0.4, -0.2) is 31.7 Å². The maximum atomic E-state index is 11.1. The van der Waals surface area contributed by atoms with Crippen molar-refractivity contribution in [1.29, 1.82) is 0 Å². The largest absolute Gasteiger partial charge is 0.379 e. The first-order chi connectivity index (χ1) is 9.61. The molecule has 110 valence electrons. The van der Waals surface area contributed by atoms with E-state index in [0.29, 0.717) is 18.8 Å². The quantitative estimate of drug-likeness (QED) is 0.320. The minimum atomic E-state index is -0.368. The molecule has 0 saturated heterocycles. The SMILES string of the molecule is CN(CCOCC1CC1)c1ccc(CCl)cc1[N+](=O)[O-]. The van der Waals surface area contributed by atoms with Gasteiger partial charge in [-0.3, -0.25) is 10.1 Å². The van der Waals surface area contributed by atoms with E-state index >= 15 is 0 Å². The summed E-state index contributed by atoms with van der Waals surface area (Å²) in [6.07, 6.45) is 2.53. The summed E-state index contributed by atoms with van der Waals surface area (Å²) in [6.45, 7) is 2.02. The molecule has 5 nitrogen and oxygen atoms in total. The van der Waals surface area contributed by atoms with Crippen molar-refractivity contribution in [1.82, 2.24) is 0 Å². The Bertz CT molecular complexity index is 477. The third kappa shape index (κ3) is 4.08. The maximum absolute atomic E-state index is 11.1. The maximum Gasteiger partial charge on any atom is 0.292 e. The van der Waals surface area contributed by atoms with Crippen molar-refractivity contribution in [3.63, 3.8) is 0 Å². The van der Waals surface area contributed by atoms with Gasteiger partial charge in [0.05, 0.1) is 11.5 Å². The van der Waals surface area contributed by atoms with Crippen LogP contribution in [0.4, 0.5) is 11.4 Å². The topological polar surface area (TPSA) is 55.6 Å². The lowest BCUT2D eigenvalue weighted by Crippen LogP contribution is -2.23. The second-order valence-electron chi connectivity index (χ2n) is 5.15. The summed E-state index contributed by atoms with van der Waals surface area (Å²) in [6, 6.07) is 5.09. The summed E-state index contributed by atoms with van der Waals surface area (Å²) in [7, 11) is 1.84. The molecule has 0 aromatic heterocycles. The predicted octanol–water partition coefficient (Wildman–Crippen LogP) is 3.20. The zero-order valence-electron chi connectivity index (χ0n) is 11.5. The first kappa shape index (κ1) is 15.1. The van der Waals surface area contributed by atoms with Crippen molar-refractivity contribution in [3.05, 3.63) is 33.9 Å². The summed E-state index contributed by atoms with van der Waals surface area (Å²) in [4.78, 5) is 12.6. The van der Waals surface area contributed by atoms with E-state index in [2.05, 4.69) is 0 Å². The molecule has 1 aliphatic carbocycles. The fraction of sp³-hybridized carbons (Fsp3) is 0.571. The lowest BCUT2D eigenvalue weighted by molar-refractivity contribution is -0.384. The van der Waals surface area contributed by atoms with Crippen LogP contribution in [0.15, 0.2) is 18.2 Å². The average molecular weight is 299 g/mol. The van der Waals surface area contributed by atoms with E-state index in [9.17, 15) is 10.1 Å². The Morgan fingerprint density at radius 3 is 2.85 bits per heavy atom. The highest BCUT2D eigenvalue weighted by Gasteiger charge is 2.21. The second-order valence-corrected chi connectivity index (χ2v) is 5.42. The van der Waals surface area contributed by atoms with Crippen molar-refractivity contribution < 1.29 is 9.66 Å². The summed E-state index contributed by atoms with van der Waals surface area (Å²) >= 11 is 5.72. The highest BCUT2D eigenvalue weighted by molar-refractivity contribution is 6.17. The number of alkyl halides is 1. The van der Waals surface area contributed by atoms with Crippen LogP contribution in [-0.2, 0) is 10.6 Å². The Kier molecular flexibility index (Phi) is 5.20. The monoisotopic (exact) mass is 298 g/mol. The summed E-state index contributed by atoms with van der Waals surface area (Å²) in [5.74, 6) is 1.01. The first-order valence-electron chi connectivity index (χ1n) is 6.74. The predicted molar refractivity (Wildman–Crippen MR) is 79.5 cm³/mol. The minimum absolute atomic E-state index is 0.0906. The van der Waals surface area contributed by atoms with E-state index in [0.717, 1.165) is 18.1 Å². The molecule has 1 saturated carbocycles. The van der Waals surface area contributed by atoms with Gasteiger partial charge in [0.2, 0.25) is 0 Å². The van der Waals surface area contributed by atoms with Crippen LogP contribution in [0, 0.1) is 16.0 Å². The number of halogens is 1. The normalized spacial score (nSPS) is 14.3. The van der Waals surface area contributed by atoms with Gasteiger partial charge in [0.15, 0.2) is 0 Å². The van der Waals surface area contributed by atoms with Crippen molar-refractivity contribution in [2.75, 3.05) is 31.7 Å². The van der Waals surface area contributed by atoms with E-state index in [1.54, 1.807) is 6.07 Å². The third-order valence-corrected chi connectivity index (χ3v) is 3.73. The zero-order valence-corrected chi connectivity index (χ0v) is 12.3. The van der Waals surface area contributed by atoms with Crippen molar-refractivity contribution in [2.24, 2.45) is 5.92 Å². The number of nitrogens with zero attached hydrogens (tertiary/aromatic N) is 2. The van der Waals surface area contributed by atoms with Crippen LogP contribution in [0.1, 0.15) is 18.4 Å². The van der Waals surface area contributed by atoms with Gasteiger partial charge in [-0.15, -0.1) is 11.6 Å². The van der Waals surface area contributed by atoms with Crippen LogP contribution in [0.25, 0.3) is 0 Å². The molecular formula is C14H19ClN2O3. The molecule has 1 aromatic rings. The third-order valence-electron chi connectivity index (χ3n) is 3.42. The van der Waals surface area contributed by atoms with Crippen LogP contribution in [0.2, 0.25) is 0 Å². The molecule has 0 unspecified atom stereocenters. The average Bonchev–Trinajstić information content (AvgIpc) is 3.26. The lowest BCUT2D eigenvalue weighted by Gasteiger charge is -2.19. The van der Waals surface area contributed by atoms with Gasteiger partial charge >= 0.3 is 0 Å². The second kappa shape index (κ2) is 6.90. The molecule has 0 N–H and O–H groups in total. The van der Waals surface area contributed by atoms with E-state index in [4.69, 9.17) is 16.3 Å². The molecule has 20 heavy (non-hydrogen) atoms. The van der Waals surface area contributed by atoms with Gasteiger partial charge < -0.3 is 9.64 Å². The molecule has 2 rings (SSSR count).